The summed E-state index contributed by atoms with van der Waals surface area (Å²) < 4.78 is 5.74. The first-order chi connectivity index (χ1) is 13.5. The Balaban J connectivity index is 1.34. The fourth-order valence-corrected chi connectivity index (χ4v) is 4.40. The van der Waals surface area contributed by atoms with Crippen molar-refractivity contribution in [1.29, 1.82) is 0 Å². The second kappa shape index (κ2) is 7.63. The number of benzene rings is 1. The van der Waals surface area contributed by atoms with Crippen LogP contribution in [0.2, 0.25) is 5.02 Å². The van der Waals surface area contributed by atoms with Crippen molar-refractivity contribution >= 4 is 23.4 Å². The average molecular weight is 401 g/mol. The van der Waals surface area contributed by atoms with Crippen molar-refractivity contribution in [3.05, 3.63) is 47.2 Å². The van der Waals surface area contributed by atoms with Gasteiger partial charge in [-0.2, -0.15) is 0 Å². The lowest BCUT2D eigenvalue weighted by molar-refractivity contribution is -0.132. The average Bonchev–Trinajstić information content (AvgIpc) is 3.12. The van der Waals surface area contributed by atoms with Crippen LogP contribution in [-0.4, -0.2) is 35.8 Å². The van der Waals surface area contributed by atoms with Crippen LogP contribution >= 0.6 is 11.6 Å². The molecular formula is C22H25ClN2O3. The standard InChI is InChI=1S/C22H25ClN2O3/c1-2-5-20(26)25-12-10-22(11-13-25)14-19(22)24-21(27)18-9-8-17(28-18)15-6-3-4-7-16(15)23/h3-4,6-9,19H,2,5,10-14H2,1H3,(H,24,27). The Morgan fingerprint density at radius 1 is 1.21 bits per heavy atom. The van der Waals surface area contributed by atoms with Crippen LogP contribution < -0.4 is 5.32 Å². The highest BCUT2D eigenvalue weighted by Gasteiger charge is 2.56. The van der Waals surface area contributed by atoms with E-state index in [1.807, 2.05) is 30.0 Å². The van der Waals surface area contributed by atoms with Crippen molar-refractivity contribution in [1.82, 2.24) is 10.2 Å². The maximum Gasteiger partial charge on any atom is 0.287 e. The number of hydrogen-bond acceptors (Lipinski definition) is 3. The van der Waals surface area contributed by atoms with Gasteiger partial charge in [0.2, 0.25) is 5.91 Å². The van der Waals surface area contributed by atoms with Gasteiger partial charge in [-0.15, -0.1) is 0 Å². The Labute approximate surface area is 170 Å². The van der Waals surface area contributed by atoms with E-state index in [2.05, 4.69) is 5.32 Å². The number of rotatable bonds is 5. The summed E-state index contributed by atoms with van der Waals surface area (Å²) in [4.78, 5) is 26.6. The lowest BCUT2D eigenvalue weighted by Crippen LogP contribution is -2.41. The molecular weight excluding hydrogens is 376 g/mol. The number of carbonyl (C=O) groups excluding carboxylic acids is 2. The molecule has 1 atom stereocenters. The minimum absolute atomic E-state index is 0.150. The summed E-state index contributed by atoms with van der Waals surface area (Å²) in [7, 11) is 0. The van der Waals surface area contributed by atoms with E-state index in [0.717, 1.165) is 44.3 Å². The lowest BCUT2D eigenvalue weighted by Gasteiger charge is -2.33. The molecule has 0 bridgehead atoms. The Morgan fingerprint density at radius 3 is 2.68 bits per heavy atom. The molecule has 28 heavy (non-hydrogen) atoms. The van der Waals surface area contributed by atoms with Gasteiger partial charge in [0, 0.05) is 31.1 Å². The molecule has 148 valence electrons. The largest absolute Gasteiger partial charge is 0.451 e. The van der Waals surface area contributed by atoms with E-state index in [0.29, 0.717) is 23.0 Å². The fraction of sp³-hybridized carbons (Fsp3) is 0.455. The normalized spacial score (nSPS) is 20.2. The van der Waals surface area contributed by atoms with Crippen LogP contribution in [0.1, 0.15) is 49.6 Å². The zero-order valence-corrected chi connectivity index (χ0v) is 16.8. The summed E-state index contributed by atoms with van der Waals surface area (Å²) in [6.07, 6.45) is 4.40. The first-order valence-electron chi connectivity index (χ1n) is 9.96. The van der Waals surface area contributed by atoms with Gasteiger partial charge in [0.25, 0.3) is 5.91 Å². The van der Waals surface area contributed by atoms with Crippen molar-refractivity contribution in [2.24, 2.45) is 5.41 Å². The summed E-state index contributed by atoms with van der Waals surface area (Å²) in [5.74, 6) is 0.947. The van der Waals surface area contributed by atoms with E-state index in [1.54, 1.807) is 18.2 Å². The topological polar surface area (TPSA) is 62.6 Å². The molecule has 1 aromatic heterocycles. The summed E-state index contributed by atoms with van der Waals surface area (Å²) in [6.45, 7) is 3.62. The minimum atomic E-state index is -0.190. The summed E-state index contributed by atoms with van der Waals surface area (Å²) in [6, 6.07) is 11.0. The van der Waals surface area contributed by atoms with Gasteiger partial charge in [-0.1, -0.05) is 30.7 Å². The van der Waals surface area contributed by atoms with Gasteiger partial charge in [-0.3, -0.25) is 9.59 Å². The Hall–Kier alpha value is -2.27. The van der Waals surface area contributed by atoms with Crippen LogP contribution in [0.25, 0.3) is 11.3 Å². The number of hydrogen-bond donors (Lipinski definition) is 1. The number of amides is 2. The number of nitrogens with zero attached hydrogens (tertiary/aromatic N) is 1. The maximum atomic E-state index is 12.6. The summed E-state index contributed by atoms with van der Waals surface area (Å²) in [5, 5.41) is 3.70. The van der Waals surface area contributed by atoms with Crippen molar-refractivity contribution < 1.29 is 14.0 Å². The van der Waals surface area contributed by atoms with Gasteiger partial charge in [-0.05, 0) is 55.4 Å². The quantitative estimate of drug-likeness (QED) is 0.803. The van der Waals surface area contributed by atoms with Gasteiger partial charge >= 0.3 is 0 Å². The van der Waals surface area contributed by atoms with E-state index in [1.165, 1.54) is 0 Å². The lowest BCUT2D eigenvalue weighted by atomic mass is 9.92. The molecule has 2 amide bonds. The van der Waals surface area contributed by atoms with E-state index < -0.39 is 0 Å². The highest BCUT2D eigenvalue weighted by Crippen LogP contribution is 2.54. The first-order valence-corrected chi connectivity index (χ1v) is 10.3. The SMILES string of the molecule is CCCC(=O)N1CCC2(CC1)CC2NC(=O)c1ccc(-c2ccccc2Cl)o1. The molecule has 5 nitrogen and oxygen atoms in total. The number of carbonyl (C=O) groups is 2. The highest BCUT2D eigenvalue weighted by atomic mass is 35.5. The fourth-order valence-electron chi connectivity index (χ4n) is 4.17. The predicted molar refractivity (Wildman–Crippen MR) is 108 cm³/mol. The van der Waals surface area contributed by atoms with Crippen molar-refractivity contribution in [2.75, 3.05) is 13.1 Å². The highest BCUT2D eigenvalue weighted by molar-refractivity contribution is 6.33. The molecule has 6 heteroatoms. The Morgan fingerprint density at radius 2 is 1.96 bits per heavy atom. The van der Waals surface area contributed by atoms with E-state index in [4.69, 9.17) is 16.0 Å². The second-order valence-electron chi connectivity index (χ2n) is 7.87. The monoisotopic (exact) mass is 400 g/mol. The van der Waals surface area contributed by atoms with Crippen LogP contribution in [-0.2, 0) is 4.79 Å². The number of halogens is 1. The molecule has 1 unspecified atom stereocenters. The molecule has 0 radical (unpaired) electrons. The molecule has 2 aromatic rings. The maximum absolute atomic E-state index is 12.6. The third kappa shape index (κ3) is 3.68. The zero-order chi connectivity index (χ0) is 19.7. The zero-order valence-electron chi connectivity index (χ0n) is 16.0. The van der Waals surface area contributed by atoms with Crippen LogP contribution in [0, 0.1) is 5.41 Å². The molecule has 1 aliphatic heterocycles. The third-order valence-corrected chi connectivity index (χ3v) is 6.37. The molecule has 1 spiro atoms. The Bertz CT molecular complexity index is 883. The molecule has 1 aliphatic carbocycles. The van der Waals surface area contributed by atoms with Gasteiger partial charge in [0.05, 0.1) is 5.02 Å². The van der Waals surface area contributed by atoms with Crippen molar-refractivity contribution in [2.45, 2.75) is 45.1 Å². The second-order valence-corrected chi connectivity index (χ2v) is 8.27. The predicted octanol–water partition coefficient (Wildman–Crippen LogP) is 4.51. The Kier molecular flexibility index (Phi) is 5.19. The van der Waals surface area contributed by atoms with Gasteiger partial charge < -0.3 is 14.6 Å². The van der Waals surface area contributed by atoms with Gasteiger partial charge in [-0.25, -0.2) is 0 Å². The molecule has 2 fully saturated rings. The molecule has 1 aromatic carbocycles. The first kappa shape index (κ1) is 19.1. The number of nitrogens with one attached hydrogen (secondary N) is 1. The molecule has 1 N–H and O–H groups in total. The van der Waals surface area contributed by atoms with Gasteiger partial charge in [0.1, 0.15) is 5.76 Å². The number of piperidine rings is 1. The summed E-state index contributed by atoms with van der Waals surface area (Å²) in [5.41, 5.74) is 0.923. The molecule has 2 heterocycles. The molecule has 1 saturated heterocycles. The van der Waals surface area contributed by atoms with Crippen LogP contribution in [0.15, 0.2) is 40.8 Å². The third-order valence-electron chi connectivity index (χ3n) is 6.04. The summed E-state index contributed by atoms with van der Waals surface area (Å²) >= 11 is 6.20. The minimum Gasteiger partial charge on any atom is -0.451 e. The van der Waals surface area contributed by atoms with Crippen molar-refractivity contribution in [3.8, 4) is 11.3 Å². The molecule has 1 saturated carbocycles. The smallest absolute Gasteiger partial charge is 0.287 e. The van der Waals surface area contributed by atoms with Crippen LogP contribution in [0.5, 0.6) is 0 Å². The van der Waals surface area contributed by atoms with Crippen molar-refractivity contribution in [3.63, 3.8) is 0 Å². The van der Waals surface area contributed by atoms with E-state index >= 15 is 0 Å². The van der Waals surface area contributed by atoms with Crippen LogP contribution in [0.4, 0.5) is 0 Å². The number of likely N-dealkylation sites (tertiary alicyclic amines) is 1. The van der Waals surface area contributed by atoms with Crippen LogP contribution in [0.3, 0.4) is 0 Å². The number of furan rings is 1. The van der Waals surface area contributed by atoms with E-state index in [9.17, 15) is 9.59 Å². The molecule has 4 rings (SSSR count). The van der Waals surface area contributed by atoms with Gasteiger partial charge in [0.15, 0.2) is 5.76 Å². The molecule has 2 aliphatic rings. The van der Waals surface area contributed by atoms with E-state index in [-0.39, 0.29) is 23.3 Å².